The van der Waals surface area contributed by atoms with Crippen LogP contribution in [0.25, 0.3) is 6.08 Å². The molecule has 5 heteroatoms. The van der Waals surface area contributed by atoms with Gasteiger partial charge in [-0.05, 0) is 37.6 Å². The van der Waals surface area contributed by atoms with Crippen molar-refractivity contribution in [3.05, 3.63) is 59.8 Å². The number of para-hydroxylation sites is 1. The number of rotatable bonds is 9. The van der Waals surface area contributed by atoms with Crippen molar-refractivity contribution in [3.63, 3.8) is 0 Å². The van der Waals surface area contributed by atoms with Crippen LogP contribution in [0.2, 0.25) is 0 Å². The second-order valence-corrected chi connectivity index (χ2v) is 5.64. The standard InChI is InChI=1S/C20H25N3O2/c1-4-5-13-25-20-12-7-6-9-17(20)14-16(2)23(22-21)18-10-8-11-19(15-18)24-3/h6-12,14-15,21H,4-5,13H2,1-3H3/b16-14+,22-21?. The Labute approximate surface area is 149 Å². The first-order valence-electron chi connectivity index (χ1n) is 8.41. The summed E-state index contributed by atoms with van der Waals surface area (Å²) in [6.07, 6.45) is 4.09. The molecule has 132 valence electrons. The smallest absolute Gasteiger partial charge is 0.126 e. The van der Waals surface area contributed by atoms with Crippen LogP contribution in [0.5, 0.6) is 11.5 Å². The number of ether oxygens (including phenoxy) is 2. The molecule has 2 aromatic carbocycles. The number of anilines is 1. The molecule has 0 aliphatic carbocycles. The Morgan fingerprint density at radius 3 is 2.72 bits per heavy atom. The number of hydrogen-bond acceptors (Lipinski definition) is 4. The quantitative estimate of drug-likeness (QED) is 0.363. The van der Waals surface area contributed by atoms with Crippen LogP contribution >= 0.6 is 0 Å². The van der Waals surface area contributed by atoms with E-state index in [0.717, 1.165) is 41.3 Å². The molecular formula is C20H25N3O2. The molecule has 0 atom stereocenters. The monoisotopic (exact) mass is 339 g/mol. The summed E-state index contributed by atoms with van der Waals surface area (Å²) in [6.45, 7) is 4.75. The van der Waals surface area contributed by atoms with Gasteiger partial charge in [-0.25, -0.2) is 5.01 Å². The van der Waals surface area contributed by atoms with Crippen molar-refractivity contribution in [3.8, 4) is 11.5 Å². The Morgan fingerprint density at radius 2 is 2.00 bits per heavy atom. The van der Waals surface area contributed by atoms with Gasteiger partial charge in [-0.3, -0.25) is 0 Å². The van der Waals surface area contributed by atoms with E-state index in [4.69, 9.17) is 15.0 Å². The van der Waals surface area contributed by atoms with Gasteiger partial charge in [0.05, 0.1) is 19.4 Å². The highest BCUT2D eigenvalue weighted by atomic mass is 16.5. The lowest BCUT2D eigenvalue weighted by atomic mass is 10.1. The Hall–Kier alpha value is -2.82. The number of nitrogens with zero attached hydrogens (tertiary/aromatic N) is 2. The third kappa shape index (κ3) is 5.08. The van der Waals surface area contributed by atoms with Gasteiger partial charge in [0.15, 0.2) is 0 Å². The highest BCUT2D eigenvalue weighted by molar-refractivity contribution is 5.65. The van der Waals surface area contributed by atoms with Gasteiger partial charge in [-0.15, -0.1) is 0 Å². The zero-order chi connectivity index (χ0) is 18.1. The minimum atomic E-state index is 0.697. The lowest BCUT2D eigenvalue weighted by Gasteiger charge is -2.19. The molecule has 5 nitrogen and oxygen atoms in total. The maximum atomic E-state index is 7.55. The van der Waals surface area contributed by atoms with Crippen molar-refractivity contribution in [2.75, 3.05) is 18.7 Å². The molecule has 0 aliphatic heterocycles. The topological polar surface area (TPSA) is 57.9 Å². The van der Waals surface area contributed by atoms with Gasteiger partial charge in [0.2, 0.25) is 0 Å². The van der Waals surface area contributed by atoms with Crippen molar-refractivity contribution in [1.82, 2.24) is 0 Å². The molecule has 0 unspecified atom stereocenters. The summed E-state index contributed by atoms with van der Waals surface area (Å²) in [7, 11) is 1.62. The van der Waals surface area contributed by atoms with E-state index in [1.165, 1.54) is 0 Å². The fourth-order valence-electron chi connectivity index (χ4n) is 2.43. The van der Waals surface area contributed by atoms with Crippen molar-refractivity contribution in [2.24, 2.45) is 5.22 Å². The number of hydrogen-bond donors (Lipinski definition) is 1. The largest absolute Gasteiger partial charge is 0.497 e. The fraction of sp³-hybridized carbons (Fsp3) is 0.300. The van der Waals surface area contributed by atoms with Gasteiger partial charge < -0.3 is 9.47 Å². The zero-order valence-electron chi connectivity index (χ0n) is 15.0. The molecule has 25 heavy (non-hydrogen) atoms. The third-order valence-corrected chi connectivity index (χ3v) is 3.77. The predicted octanol–water partition coefficient (Wildman–Crippen LogP) is 5.69. The number of methoxy groups -OCH3 is 1. The summed E-state index contributed by atoms with van der Waals surface area (Å²) >= 11 is 0. The highest BCUT2D eigenvalue weighted by Gasteiger charge is 2.10. The van der Waals surface area contributed by atoms with E-state index in [9.17, 15) is 0 Å². The van der Waals surface area contributed by atoms with Crippen LogP contribution in [-0.4, -0.2) is 13.7 Å². The Balaban J connectivity index is 2.27. The zero-order valence-corrected chi connectivity index (χ0v) is 15.0. The number of allylic oxidation sites excluding steroid dienone is 1. The summed E-state index contributed by atoms with van der Waals surface area (Å²) in [4.78, 5) is 0. The van der Waals surface area contributed by atoms with E-state index in [0.29, 0.717) is 6.61 Å². The van der Waals surface area contributed by atoms with Crippen LogP contribution in [0.3, 0.4) is 0 Å². The van der Waals surface area contributed by atoms with E-state index >= 15 is 0 Å². The van der Waals surface area contributed by atoms with Gasteiger partial charge in [-0.2, -0.15) is 5.53 Å². The number of unbranched alkanes of at least 4 members (excludes halogenated alkanes) is 1. The van der Waals surface area contributed by atoms with E-state index in [-0.39, 0.29) is 0 Å². The van der Waals surface area contributed by atoms with Crippen molar-refractivity contribution in [1.29, 1.82) is 5.53 Å². The average molecular weight is 339 g/mol. The Kier molecular flexibility index (Phi) is 7.01. The SMILES string of the molecule is CCCCOc1ccccc1/C=C(\C)N(N=N)c1cccc(OC)c1. The van der Waals surface area contributed by atoms with Gasteiger partial charge in [0.1, 0.15) is 11.5 Å². The summed E-state index contributed by atoms with van der Waals surface area (Å²) < 4.78 is 11.1. The second kappa shape index (κ2) is 9.47. The molecule has 0 amide bonds. The van der Waals surface area contributed by atoms with E-state index < -0.39 is 0 Å². The van der Waals surface area contributed by atoms with Crippen LogP contribution in [-0.2, 0) is 0 Å². The normalized spacial score (nSPS) is 11.1. The van der Waals surface area contributed by atoms with E-state index in [1.54, 1.807) is 12.1 Å². The number of nitrogens with one attached hydrogen (secondary N) is 1. The molecule has 0 heterocycles. The predicted molar refractivity (Wildman–Crippen MR) is 101 cm³/mol. The van der Waals surface area contributed by atoms with Gasteiger partial charge in [0.25, 0.3) is 0 Å². The Bertz CT molecular complexity index is 728. The molecule has 0 aliphatic rings. The minimum absolute atomic E-state index is 0.697. The molecule has 0 fully saturated rings. The third-order valence-electron chi connectivity index (χ3n) is 3.77. The lowest BCUT2D eigenvalue weighted by molar-refractivity contribution is 0.309. The van der Waals surface area contributed by atoms with Crippen LogP contribution in [0, 0.1) is 5.53 Å². The van der Waals surface area contributed by atoms with Crippen molar-refractivity contribution in [2.45, 2.75) is 26.7 Å². The van der Waals surface area contributed by atoms with Crippen molar-refractivity contribution >= 4 is 11.8 Å². The maximum Gasteiger partial charge on any atom is 0.126 e. The molecule has 1 N–H and O–H groups in total. The fourth-order valence-corrected chi connectivity index (χ4v) is 2.43. The molecule has 2 aromatic rings. The van der Waals surface area contributed by atoms with Gasteiger partial charge in [-0.1, -0.05) is 42.8 Å². The molecule has 0 radical (unpaired) electrons. The first-order chi connectivity index (χ1) is 12.2. The van der Waals surface area contributed by atoms with Crippen LogP contribution in [0.15, 0.2) is 59.5 Å². The molecule has 0 aromatic heterocycles. The molecular weight excluding hydrogens is 314 g/mol. The first-order valence-corrected chi connectivity index (χ1v) is 8.41. The van der Waals surface area contributed by atoms with Crippen LogP contribution < -0.4 is 14.5 Å². The molecule has 0 saturated heterocycles. The van der Waals surface area contributed by atoms with Gasteiger partial charge in [0, 0.05) is 17.3 Å². The summed E-state index contributed by atoms with van der Waals surface area (Å²) in [6, 6.07) is 15.4. The summed E-state index contributed by atoms with van der Waals surface area (Å²) in [5, 5.41) is 5.21. The Morgan fingerprint density at radius 1 is 1.20 bits per heavy atom. The van der Waals surface area contributed by atoms with E-state index in [1.807, 2.05) is 61.5 Å². The number of benzene rings is 2. The summed E-state index contributed by atoms with van der Waals surface area (Å²) in [5.41, 5.74) is 10.1. The lowest BCUT2D eigenvalue weighted by Crippen LogP contribution is -2.12. The maximum absolute atomic E-state index is 7.55. The van der Waals surface area contributed by atoms with Crippen LogP contribution in [0.1, 0.15) is 32.3 Å². The van der Waals surface area contributed by atoms with Gasteiger partial charge >= 0.3 is 0 Å². The highest BCUT2D eigenvalue weighted by Crippen LogP contribution is 2.27. The minimum Gasteiger partial charge on any atom is -0.497 e. The average Bonchev–Trinajstić information content (AvgIpc) is 2.64. The molecule has 0 spiro atoms. The molecule has 0 bridgehead atoms. The van der Waals surface area contributed by atoms with E-state index in [2.05, 4.69) is 12.1 Å². The second-order valence-electron chi connectivity index (χ2n) is 5.64. The van der Waals surface area contributed by atoms with Crippen LogP contribution in [0.4, 0.5) is 5.69 Å². The molecule has 0 saturated carbocycles. The molecule has 2 rings (SSSR count). The van der Waals surface area contributed by atoms with Crippen molar-refractivity contribution < 1.29 is 9.47 Å². The first kappa shape index (κ1) is 18.5. The summed E-state index contributed by atoms with van der Waals surface area (Å²) in [5.74, 6) is 1.56.